The van der Waals surface area contributed by atoms with Crippen molar-refractivity contribution in [2.75, 3.05) is 39.6 Å². The zero-order valence-electron chi connectivity index (χ0n) is 61.7. The lowest BCUT2D eigenvalue weighted by atomic mass is 10.1. The normalized spacial score (nSPS) is 14.5. The molecule has 0 aromatic rings. The van der Waals surface area contributed by atoms with Gasteiger partial charge in [-0.15, -0.1) is 0 Å². The predicted octanol–water partition coefficient (Wildman–Crippen LogP) is 22.0. The number of ether oxygens (including phenoxy) is 4. The molecule has 17 nitrogen and oxygen atoms in total. The third-order valence-electron chi connectivity index (χ3n) is 16.0. The molecule has 0 spiro atoms. The predicted molar refractivity (Wildman–Crippen MR) is 399 cm³/mol. The van der Waals surface area contributed by atoms with Crippen LogP contribution >= 0.6 is 15.6 Å². The van der Waals surface area contributed by atoms with Crippen molar-refractivity contribution in [3.8, 4) is 0 Å². The van der Waals surface area contributed by atoms with Gasteiger partial charge in [-0.25, -0.2) is 9.13 Å². The van der Waals surface area contributed by atoms with Gasteiger partial charge in [0, 0.05) is 25.7 Å². The van der Waals surface area contributed by atoms with Gasteiger partial charge in [-0.1, -0.05) is 253 Å². The molecule has 0 saturated carbocycles. The third-order valence-corrected chi connectivity index (χ3v) is 17.9. The van der Waals surface area contributed by atoms with Gasteiger partial charge < -0.3 is 33.8 Å². The number of hydrogen-bond donors (Lipinski definition) is 3. The summed E-state index contributed by atoms with van der Waals surface area (Å²) in [5.41, 5.74) is 0. The second-order valence-electron chi connectivity index (χ2n) is 25.5. The van der Waals surface area contributed by atoms with Crippen molar-refractivity contribution in [2.24, 2.45) is 0 Å². The van der Waals surface area contributed by atoms with Crippen LogP contribution < -0.4 is 0 Å². The Morgan fingerprint density at radius 3 is 0.837 bits per heavy atom. The van der Waals surface area contributed by atoms with Gasteiger partial charge in [-0.3, -0.25) is 37.3 Å². The van der Waals surface area contributed by atoms with Crippen molar-refractivity contribution >= 4 is 39.5 Å². The van der Waals surface area contributed by atoms with Crippen molar-refractivity contribution in [2.45, 2.75) is 341 Å². The molecule has 5 atom stereocenters. The fourth-order valence-electron chi connectivity index (χ4n) is 10.2. The molecule has 0 rings (SSSR count). The highest BCUT2D eigenvalue weighted by atomic mass is 31.2. The van der Waals surface area contributed by atoms with Crippen LogP contribution in [0.2, 0.25) is 0 Å². The molecule has 0 bridgehead atoms. The summed E-state index contributed by atoms with van der Waals surface area (Å²) in [6.45, 7) is 4.60. The first kappa shape index (κ1) is 94.0. The lowest BCUT2D eigenvalue weighted by molar-refractivity contribution is -0.161. The number of phosphoric ester groups is 2. The van der Waals surface area contributed by atoms with Crippen LogP contribution in [0.25, 0.3) is 0 Å². The SMILES string of the molecule is CC/C=C\C/C=C\C/C=C\CCCCCCCC(=O)OCC(COP(=O)(O)OCC(O)COP(=O)(O)OCC(COC(=O)CCCCCCC/C=C\C/C=C\C/C=C\CC)OC(=O)CCCCCCC/C=C\CCCCCCCC)OC(=O)CCCCCCC/C=C\CCCCCC. The standard InChI is InChI=1S/C79H138O17P2/c1-5-9-13-17-21-25-29-33-36-40-43-47-51-55-59-63-76(81)89-69-74(95-78(83)65-61-57-53-49-45-39-32-28-24-20-16-12-8-4)71-93-97(85,86)91-67-73(80)68-92-98(87,88)94-72-75(96-79(84)66-62-58-54-50-46-42-38-35-31-27-23-19-15-11-7-3)70-90-77(82)64-60-56-52-48-44-41-37-34-30-26-22-18-14-10-6-2/h9-10,13-14,21-22,25-26,28,32-38,73-75,80H,5-8,11-12,15-20,23-24,27,29-31,39-72H2,1-4H3,(H,85,86)(H,87,88)/b13-9-,14-10-,25-21-,26-22-,32-28-,36-33-,37-34-,38-35-. The van der Waals surface area contributed by atoms with Crippen LogP contribution in [-0.4, -0.2) is 96.7 Å². The lowest BCUT2D eigenvalue weighted by Crippen LogP contribution is -2.30. The smallest absolute Gasteiger partial charge is 0.462 e. The van der Waals surface area contributed by atoms with Gasteiger partial charge >= 0.3 is 39.5 Å². The second kappa shape index (κ2) is 71.4. The van der Waals surface area contributed by atoms with Crippen LogP contribution in [-0.2, 0) is 65.4 Å². The van der Waals surface area contributed by atoms with Gasteiger partial charge in [0.25, 0.3) is 0 Å². The summed E-state index contributed by atoms with van der Waals surface area (Å²) in [5.74, 6) is -2.22. The Labute approximate surface area is 595 Å². The Morgan fingerprint density at radius 2 is 0.531 bits per heavy atom. The summed E-state index contributed by atoms with van der Waals surface area (Å²) in [5, 5.41) is 10.6. The minimum atomic E-state index is -4.98. The molecular formula is C79H138O17P2. The number of esters is 4. The van der Waals surface area contributed by atoms with E-state index in [2.05, 4.69) is 125 Å². The topological polar surface area (TPSA) is 237 Å². The van der Waals surface area contributed by atoms with Crippen LogP contribution in [0.15, 0.2) is 97.2 Å². The Kier molecular flexibility index (Phi) is 68.4. The van der Waals surface area contributed by atoms with E-state index in [-0.39, 0.29) is 25.7 Å². The number of rotatable bonds is 72. The van der Waals surface area contributed by atoms with E-state index in [0.717, 1.165) is 180 Å². The van der Waals surface area contributed by atoms with Gasteiger partial charge in [0.15, 0.2) is 12.2 Å². The molecular weight excluding hydrogens is 1280 g/mol. The maximum Gasteiger partial charge on any atom is 0.472 e. The Balaban J connectivity index is 5.37. The number of aliphatic hydroxyl groups excluding tert-OH is 1. The van der Waals surface area contributed by atoms with E-state index in [1.807, 2.05) is 0 Å². The first-order valence-electron chi connectivity index (χ1n) is 38.5. The highest BCUT2D eigenvalue weighted by Gasteiger charge is 2.30. The Hall–Kier alpha value is -4.02. The van der Waals surface area contributed by atoms with Gasteiger partial charge in [0.2, 0.25) is 0 Å². The molecule has 0 aliphatic carbocycles. The molecule has 0 amide bonds. The summed E-state index contributed by atoms with van der Waals surface area (Å²) in [7, 11) is -9.96. The lowest BCUT2D eigenvalue weighted by Gasteiger charge is -2.21. The van der Waals surface area contributed by atoms with Crippen LogP contribution in [0, 0.1) is 0 Å². The monoisotopic (exact) mass is 1420 g/mol. The maximum atomic E-state index is 13.1. The highest BCUT2D eigenvalue weighted by molar-refractivity contribution is 7.47. The van der Waals surface area contributed by atoms with Gasteiger partial charge in [-0.2, -0.15) is 0 Å². The first-order chi connectivity index (χ1) is 47.7. The molecule has 19 heteroatoms. The number of carbonyl (C=O) groups excluding carboxylic acids is 4. The molecule has 0 heterocycles. The van der Waals surface area contributed by atoms with Crippen molar-refractivity contribution in [3.63, 3.8) is 0 Å². The fraction of sp³-hybridized carbons (Fsp3) is 0.747. The number of hydrogen-bond acceptors (Lipinski definition) is 15. The van der Waals surface area contributed by atoms with Crippen molar-refractivity contribution in [3.05, 3.63) is 97.2 Å². The van der Waals surface area contributed by atoms with E-state index in [1.165, 1.54) is 64.2 Å². The average Bonchev–Trinajstić information content (AvgIpc) is 0.959. The minimum absolute atomic E-state index is 0.0809. The zero-order chi connectivity index (χ0) is 71.8. The number of unbranched alkanes of at least 4 members (excludes halogenated alkanes) is 30. The summed E-state index contributed by atoms with van der Waals surface area (Å²) in [4.78, 5) is 72.9. The zero-order valence-corrected chi connectivity index (χ0v) is 63.5. The van der Waals surface area contributed by atoms with E-state index >= 15 is 0 Å². The fourth-order valence-corrected chi connectivity index (χ4v) is 11.8. The summed E-state index contributed by atoms with van der Waals surface area (Å²) in [6, 6.07) is 0. The largest absolute Gasteiger partial charge is 0.472 e. The first-order valence-corrected chi connectivity index (χ1v) is 41.5. The van der Waals surface area contributed by atoms with Crippen molar-refractivity contribution < 1.29 is 80.2 Å². The van der Waals surface area contributed by atoms with Crippen LogP contribution in [0.1, 0.15) is 323 Å². The van der Waals surface area contributed by atoms with E-state index in [0.29, 0.717) is 25.7 Å². The molecule has 0 radical (unpaired) electrons. The number of carbonyl (C=O) groups is 4. The van der Waals surface area contributed by atoms with Crippen molar-refractivity contribution in [1.29, 1.82) is 0 Å². The van der Waals surface area contributed by atoms with Crippen LogP contribution in [0.3, 0.4) is 0 Å². The van der Waals surface area contributed by atoms with Gasteiger partial charge in [0.1, 0.15) is 19.3 Å². The van der Waals surface area contributed by atoms with E-state index < -0.39 is 97.5 Å². The van der Waals surface area contributed by atoms with E-state index in [4.69, 9.17) is 37.0 Å². The van der Waals surface area contributed by atoms with Crippen LogP contribution in [0.5, 0.6) is 0 Å². The van der Waals surface area contributed by atoms with E-state index in [9.17, 15) is 43.2 Å². The van der Waals surface area contributed by atoms with Crippen molar-refractivity contribution in [1.82, 2.24) is 0 Å². The minimum Gasteiger partial charge on any atom is -0.462 e. The Morgan fingerprint density at radius 1 is 0.296 bits per heavy atom. The quantitative estimate of drug-likeness (QED) is 0.0169. The molecule has 566 valence electrons. The average molecular weight is 1420 g/mol. The third kappa shape index (κ3) is 70.4. The molecule has 5 unspecified atom stereocenters. The molecule has 0 aliphatic heterocycles. The number of aliphatic hydroxyl groups is 1. The molecule has 0 saturated heterocycles. The number of allylic oxidation sites excluding steroid dienone is 16. The summed E-state index contributed by atoms with van der Waals surface area (Å²) >= 11 is 0. The molecule has 3 N–H and O–H groups in total. The van der Waals surface area contributed by atoms with Crippen LogP contribution in [0.4, 0.5) is 0 Å². The maximum absolute atomic E-state index is 13.1. The van der Waals surface area contributed by atoms with Gasteiger partial charge in [0.05, 0.1) is 26.4 Å². The molecule has 0 aromatic carbocycles. The molecule has 98 heavy (non-hydrogen) atoms. The summed E-state index contributed by atoms with van der Waals surface area (Å²) < 4.78 is 68.5. The highest BCUT2D eigenvalue weighted by Crippen LogP contribution is 2.45. The summed E-state index contributed by atoms with van der Waals surface area (Å²) in [6.07, 6.45) is 73.9. The number of phosphoric acid groups is 2. The second-order valence-corrected chi connectivity index (χ2v) is 28.4. The molecule has 0 aromatic heterocycles. The molecule has 0 fully saturated rings. The Bertz CT molecular complexity index is 2240. The molecule has 0 aliphatic rings. The van der Waals surface area contributed by atoms with Gasteiger partial charge in [-0.05, 0) is 141 Å². The van der Waals surface area contributed by atoms with E-state index in [1.54, 1.807) is 0 Å².